The van der Waals surface area contributed by atoms with Crippen LogP contribution in [0, 0.1) is 11.8 Å². The Hall–Kier alpha value is -1.91. The van der Waals surface area contributed by atoms with Crippen LogP contribution in [0.25, 0.3) is 0 Å². The van der Waals surface area contributed by atoms with Crippen molar-refractivity contribution in [3.05, 3.63) is 0 Å². The van der Waals surface area contributed by atoms with E-state index in [1.165, 1.54) is 0 Å². The van der Waals surface area contributed by atoms with Crippen LogP contribution in [0.1, 0.15) is 86.0 Å². The zero-order chi connectivity index (χ0) is 33.0. The van der Waals surface area contributed by atoms with Crippen molar-refractivity contribution in [1.29, 1.82) is 0 Å². The Morgan fingerprint density at radius 2 is 1.32 bits per heavy atom. The number of hydrogen-bond acceptors (Lipinski definition) is 14. The molecular formula is C30H52O14. The maximum Gasteiger partial charge on any atom is 0.308 e. The molecule has 2 heterocycles. The first-order chi connectivity index (χ1) is 20.8. The predicted octanol–water partition coefficient (Wildman–Crippen LogP) is 0.710. The van der Waals surface area contributed by atoms with E-state index in [0.29, 0.717) is 6.42 Å². The van der Waals surface area contributed by atoms with Crippen LogP contribution in [0.3, 0.4) is 0 Å². The average molecular weight is 637 g/mol. The van der Waals surface area contributed by atoms with Crippen molar-refractivity contribution in [2.45, 2.75) is 141 Å². The molecule has 2 fully saturated rings. The standard InChI is InChI=1S/C30H52O14/c1-6-7-8-9-10-11-12-13-21(34)40-25-24(41-27(37)17(2)3)22(35)19(14-31)39-29(25)44-30(16-33)26(42-28(38)18(4)5)23(36)20(15-32)43-30/h17-20,22-26,29,31-33,35-36H,6-16H2,1-5H3/t19-,20-,22+,23+,24-,25+,26+,29+,30+/m0/s1. The lowest BCUT2D eigenvalue weighted by Gasteiger charge is -2.45. The number of aliphatic hydroxyl groups is 5. The summed E-state index contributed by atoms with van der Waals surface area (Å²) < 4.78 is 34.0. The molecule has 14 nitrogen and oxygen atoms in total. The lowest BCUT2D eigenvalue weighted by molar-refractivity contribution is -0.384. The highest BCUT2D eigenvalue weighted by Gasteiger charge is 2.62. The molecule has 0 aliphatic carbocycles. The molecule has 256 valence electrons. The van der Waals surface area contributed by atoms with Crippen LogP contribution in [-0.4, -0.2) is 118 Å². The van der Waals surface area contributed by atoms with Crippen LogP contribution in [-0.2, 0) is 42.8 Å². The van der Waals surface area contributed by atoms with Gasteiger partial charge in [-0.3, -0.25) is 14.4 Å². The zero-order valence-corrected chi connectivity index (χ0v) is 26.5. The van der Waals surface area contributed by atoms with Gasteiger partial charge in [-0.1, -0.05) is 73.1 Å². The Labute approximate surface area is 258 Å². The Morgan fingerprint density at radius 3 is 1.86 bits per heavy atom. The Morgan fingerprint density at radius 1 is 0.750 bits per heavy atom. The van der Waals surface area contributed by atoms with E-state index in [1.807, 2.05) is 0 Å². The highest BCUT2D eigenvalue weighted by Crippen LogP contribution is 2.39. The van der Waals surface area contributed by atoms with Gasteiger partial charge in [-0.05, 0) is 6.42 Å². The van der Waals surface area contributed by atoms with Crippen LogP contribution >= 0.6 is 0 Å². The maximum absolute atomic E-state index is 13.0. The molecule has 0 aromatic heterocycles. The number of carbonyl (C=O) groups excluding carboxylic acids is 3. The number of carbonyl (C=O) groups is 3. The van der Waals surface area contributed by atoms with Gasteiger partial charge in [-0.2, -0.15) is 0 Å². The van der Waals surface area contributed by atoms with Gasteiger partial charge in [0.15, 0.2) is 18.3 Å². The molecule has 2 aliphatic rings. The normalized spacial score (nSPS) is 32.2. The van der Waals surface area contributed by atoms with Gasteiger partial charge in [0.25, 0.3) is 0 Å². The quantitative estimate of drug-likeness (QED) is 0.0798. The van der Waals surface area contributed by atoms with Crippen LogP contribution in [0.2, 0.25) is 0 Å². The monoisotopic (exact) mass is 636 g/mol. The second kappa shape index (κ2) is 18.3. The van der Waals surface area contributed by atoms with Gasteiger partial charge < -0.3 is 54.0 Å². The third-order valence-corrected chi connectivity index (χ3v) is 7.68. The van der Waals surface area contributed by atoms with Crippen molar-refractivity contribution in [2.24, 2.45) is 11.8 Å². The minimum Gasteiger partial charge on any atom is -0.455 e. The van der Waals surface area contributed by atoms with Crippen molar-refractivity contribution in [1.82, 2.24) is 0 Å². The molecule has 0 radical (unpaired) electrons. The van der Waals surface area contributed by atoms with E-state index in [4.69, 9.17) is 28.4 Å². The molecule has 0 spiro atoms. The highest BCUT2D eigenvalue weighted by molar-refractivity contribution is 5.72. The van der Waals surface area contributed by atoms with E-state index in [-0.39, 0.29) is 6.42 Å². The number of ether oxygens (including phenoxy) is 6. The molecule has 0 saturated carbocycles. The fourth-order valence-corrected chi connectivity index (χ4v) is 4.97. The molecule has 9 atom stereocenters. The third-order valence-electron chi connectivity index (χ3n) is 7.68. The summed E-state index contributed by atoms with van der Waals surface area (Å²) in [6, 6.07) is 0. The summed E-state index contributed by atoms with van der Waals surface area (Å²) >= 11 is 0. The summed E-state index contributed by atoms with van der Waals surface area (Å²) in [6.07, 6.45) is -6.06. The van der Waals surface area contributed by atoms with Crippen molar-refractivity contribution in [2.75, 3.05) is 19.8 Å². The van der Waals surface area contributed by atoms with Gasteiger partial charge in [-0.15, -0.1) is 0 Å². The second-order valence-corrected chi connectivity index (χ2v) is 12.0. The van der Waals surface area contributed by atoms with Crippen molar-refractivity contribution in [3.8, 4) is 0 Å². The summed E-state index contributed by atoms with van der Waals surface area (Å²) in [5, 5.41) is 52.0. The van der Waals surface area contributed by atoms with Crippen LogP contribution in [0.15, 0.2) is 0 Å². The molecule has 0 amide bonds. The minimum absolute atomic E-state index is 0.00292. The largest absolute Gasteiger partial charge is 0.455 e. The SMILES string of the molecule is CCCCCCCCCC(=O)O[C@H]1[C@@H](O[C@@]2(CO)O[C@@H](CO)[C@@H](O)[C@H]2OC(=O)C(C)C)O[C@@H](CO)[C@@H](O)[C@@H]1OC(=O)C(C)C. The van der Waals surface area contributed by atoms with Gasteiger partial charge >= 0.3 is 17.9 Å². The molecule has 0 aromatic rings. The fraction of sp³-hybridized carbons (Fsp3) is 0.900. The van der Waals surface area contributed by atoms with Crippen LogP contribution in [0.5, 0.6) is 0 Å². The highest BCUT2D eigenvalue weighted by atomic mass is 16.8. The molecule has 2 aliphatic heterocycles. The number of aliphatic hydroxyl groups excluding tert-OH is 5. The summed E-state index contributed by atoms with van der Waals surface area (Å²) in [7, 11) is 0. The number of esters is 3. The molecule has 0 aromatic carbocycles. The summed E-state index contributed by atoms with van der Waals surface area (Å²) in [5.41, 5.74) is 0. The maximum atomic E-state index is 13.0. The summed E-state index contributed by atoms with van der Waals surface area (Å²) in [5.74, 6) is -5.85. The van der Waals surface area contributed by atoms with Crippen LogP contribution in [0.4, 0.5) is 0 Å². The molecule has 44 heavy (non-hydrogen) atoms. The Bertz CT molecular complexity index is 897. The zero-order valence-electron chi connectivity index (χ0n) is 26.5. The van der Waals surface area contributed by atoms with Crippen molar-refractivity contribution >= 4 is 17.9 Å². The van der Waals surface area contributed by atoms with E-state index < -0.39 is 104 Å². The van der Waals surface area contributed by atoms with Crippen molar-refractivity contribution < 1.29 is 68.3 Å². The topological polar surface area (TPSA) is 208 Å². The van der Waals surface area contributed by atoms with Gasteiger partial charge in [0, 0.05) is 6.42 Å². The first-order valence-electron chi connectivity index (χ1n) is 15.7. The van der Waals surface area contributed by atoms with Gasteiger partial charge in [0.05, 0.1) is 25.0 Å². The third kappa shape index (κ3) is 10.0. The smallest absolute Gasteiger partial charge is 0.308 e. The van der Waals surface area contributed by atoms with E-state index in [9.17, 15) is 39.9 Å². The fourth-order valence-electron chi connectivity index (χ4n) is 4.97. The molecular weight excluding hydrogens is 584 g/mol. The van der Waals surface area contributed by atoms with E-state index >= 15 is 0 Å². The van der Waals surface area contributed by atoms with E-state index in [1.54, 1.807) is 27.7 Å². The molecule has 0 bridgehead atoms. The first-order valence-corrected chi connectivity index (χ1v) is 15.7. The van der Waals surface area contributed by atoms with Crippen molar-refractivity contribution in [3.63, 3.8) is 0 Å². The summed E-state index contributed by atoms with van der Waals surface area (Å²) in [4.78, 5) is 38.2. The predicted molar refractivity (Wildman–Crippen MR) is 153 cm³/mol. The average Bonchev–Trinajstić information content (AvgIpc) is 3.25. The minimum atomic E-state index is -2.35. The van der Waals surface area contributed by atoms with Gasteiger partial charge in [-0.25, -0.2) is 0 Å². The summed E-state index contributed by atoms with van der Waals surface area (Å²) in [6.45, 7) is 5.79. The number of unbranched alkanes of at least 4 members (excludes halogenated alkanes) is 6. The Balaban J connectivity index is 2.38. The molecule has 5 N–H and O–H groups in total. The van der Waals surface area contributed by atoms with Gasteiger partial charge in [0.2, 0.25) is 12.1 Å². The number of rotatable bonds is 18. The molecule has 0 unspecified atom stereocenters. The van der Waals surface area contributed by atoms with E-state index in [2.05, 4.69) is 6.92 Å². The molecule has 2 rings (SSSR count). The Kier molecular flexibility index (Phi) is 15.9. The molecule has 14 heteroatoms. The second-order valence-electron chi connectivity index (χ2n) is 12.0. The lowest BCUT2D eigenvalue weighted by Crippen LogP contribution is -2.65. The lowest BCUT2D eigenvalue weighted by atomic mass is 9.97. The van der Waals surface area contributed by atoms with Crippen LogP contribution < -0.4 is 0 Å². The van der Waals surface area contributed by atoms with Gasteiger partial charge in [0.1, 0.15) is 31.0 Å². The molecule has 2 saturated heterocycles. The number of hydrogen-bond donors (Lipinski definition) is 5. The first kappa shape index (κ1) is 38.3. The van der Waals surface area contributed by atoms with E-state index in [0.717, 1.165) is 38.5 Å².